The van der Waals surface area contributed by atoms with Crippen molar-refractivity contribution in [3.05, 3.63) is 29.6 Å². The number of pyridine rings is 1. The third-order valence-electron chi connectivity index (χ3n) is 1.49. The molecule has 0 saturated carbocycles. The molecular weight excluding hydrogens is 186 g/mol. The molecule has 1 aromatic heterocycles. The van der Waals surface area contributed by atoms with Gasteiger partial charge >= 0.3 is 11.9 Å². The molecule has 0 spiro atoms. The van der Waals surface area contributed by atoms with Crippen molar-refractivity contribution < 1.29 is 19.4 Å². The number of carboxylic acids is 1. The molecular formula is C9H9NO4. The van der Waals surface area contributed by atoms with Crippen molar-refractivity contribution in [2.75, 3.05) is 6.61 Å². The van der Waals surface area contributed by atoms with E-state index in [4.69, 9.17) is 9.84 Å². The van der Waals surface area contributed by atoms with E-state index in [-0.39, 0.29) is 17.9 Å². The highest BCUT2D eigenvalue weighted by molar-refractivity contribution is 5.93. The second kappa shape index (κ2) is 4.36. The van der Waals surface area contributed by atoms with Gasteiger partial charge < -0.3 is 9.84 Å². The fourth-order valence-electron chi connectivity index (χ4n) is 0.889. The molecule has 0 atom stereocenters. The molecule has 0 fully saturated rings. The van der Waals surface area contributed by atoms with Gasteiger partial charge in [0.15, 0.2) is 0 Å². The topological polar surface area (TPSA) is 76.5 Å². The molecule has 0 unspecified atom stereocenters. The molecule has 1 heterocycles. The molecule has 0 aromatic carbocycles. The monoisotopic (exact) mass is 195 g/mol. The largest absolute Gasteiger partial charge is 0.477 e. The third-order valence-corrected chi connectivity index (χ3v) is 1.49. The molecule has 0 radical (unpaired) electrons. The summed E-state index contributed by atoms with van der Waals surface area (Å²) in [5.74, 6) is -1.71. The number of aromatic carboxylic acids is 1. The van der Waals surface area contributed by atoms with Crippen LogP contribution in [-0.4, -0.2) is 28.6 Å². The minimum absolute atomic E-state index is 0.171. The Morgan fingerprint density at radius 1 is 1.57 bits per heavy atom. The Hall–Kier alpha value is -1.91. The van der Waals surface area contributed by atoms with E-state index in [0.717, 1.165) is 0 Å². The summed E-state index contributed by atoms with van der Waals surface area (Å²) >= 11 is 0. The van der Waals surface area contributed by atoms with Gasteiger partial charge in [0.25, 0.3) is 0 Å². The van der Waals surface area contributed by atoms with E-state index in [1.807, 2.05) is 0 Å². The maximum atomic E-state index is 11.2. The molecule has 14 heavy (non-hydrogen) atoms. The molecule has 0 bridgehead atoms. The standard InChI is InChI=1S/C9H9NO4/c1-2-14-9(13)6-3-4-10-7(5-6)8(11)12/h3-5H,2H2,1H3,(H,11,12). The molecule has 1 N–H and O–H groups in total. The first-order valence-corrected chi connectivity index (χ1v) is 4.01. The summed E-state index contributed by atoms with van der Waals surface area (Å²) in [7, 11) is 0. The average Bonchev–Trinajstić information content (AvgIpc) is 2.18. The van der Waals surface area contributed by atoms with Crippen LogP contribution < -0.4 is 0 Å². The van der Waals surface area contributed by atoms with Crippen molar-refractivity contribution in [1.82, 2.24) is 4.98 Å². The van der Waals surface area contributed by atoms with Crippen molar-refractivity contribution in [2.45, 2.75) is 6.92 Å². The number of carbonyl (C=O) groups is 2. The Bertz CT molecular complexity index is 362. The maximum Gasteiger partial charge on any atom is 0.354 e. The van der Waals surface area contributed by atoms with Crippen molar-refractivity contribution in [1.29, 1.82) is 0 Å². The van der Waals surface area contributed by atoms with E-state index in [9.17, 15) is 9.59 Å². The first kappa shape index (κ1) is 10.2. The summed E-state index contributed by atoms with van der Waals surface area (Å²) in [6.07, 6.45) is 1.26. The highest BCUT2D eigenvalue weighted by Crippen LogP contribution is 2.03. The van der Waals surface area contributed by atoms with Crippen LogP contribution in [0, 0.1) is 0 Å². The zero-order valence-corrected chi connectivity index (χ0v) is 7.56. The van der Waals surface area contributed by atoms with Crippen molar-refractivity contribution in [2.24, 2.45) is 0 Å². The molecule has 74 valence electrons. The van der Waals surface area contributed by atoms with Gasteiger partial charge in [0.1, 0.15) is 5.69 Å². The Balaban J connectivity index is 2.93. The number of hydrogen-bond acceptors (Lipinski definition) is 4. The summed E-state index contributed by atoms with van der Waals surface area (Å²) in [4.78, 5) is 25.3. The van der Waals surface area contributed by atoms with Crippen LogP contribution in [0.25, 0.3) is 0 Å². The highest BCUT2D eigenvalue weighted by Gasteiger charge is 2.10. The summed E-state index contributed by atoms with van der Waals surface area (Å²) < 4.78 is 4.70. The van der Waals surface area contributed by atoms with Gasteiger partial charge in [-0.1, -0.05) is 0 Å². The third kappa shape index (κ3) is 2.29. The molecule has 1 rings (SSSR count). The van der Waals surface area contributed by atoms with E-state index in [1.165, 1.54) is 18.3 Å². The van der Waals surface area contributed by atoms with E-state index in [1.54, 1.807) is 6.92 Å². The first-order valence-electron chi connectivity index (χ1n) is 4.01. The zero-order chi connectivity index (χ0) is 10.6. The maximum absolute atomic E-state index is 11.2. The SMILES string of the molecule is CCOC(=O)c1ccnc(C(=O)O)c1. The van der Waals surface area contributed by atoms with Crippen LogP contribution in [-0.2, 0) is 4.74 Å². The molecule has 0 aliphatic carbocycles. The van der Waals surface area contributed by atoms with Crippen LogP contribution in [0.1, 0.15) is 27.8 Å². The van der Waals surface area contributed by atoms with E-state index < -0.39 is 11.9 Å². The number of rotatable bonds is 3. The Morgan fingerprint density at radius 3 is 2.86 bits per heavy atom. The lowest BCUT2D eigenvalue weighted by atomic mass is 10.2. The molecule has 5 heteroatoms. The number of carboxylic acid groups (broad SMARTS) is 1. The number of carbonyl (C=O) groups excluding carboxylic acids is 1. The smallest absolute Gasteiger partial charge is 0.354 e. The number of hydrogen-bond donors (Lipinski definition) is 1. The highest BCUT2D eigenvalue weighted by atomic mass is 16.5. The summed E-state index contributed by atoms with van der Waals surface area (Å²) in [6.45, 7) is 1.93. The predicted octanol–water partition coefficient (Wildman–Crippen LogP) is 0.956. The zero-order valence-electron chi connectivity index (χ0n) is 7.56. The lowest BCUT2D eigenvalue weighted by Crippen LogP contribution is -2.07. The van der Waals surface area contributed by atoms with Gasteiger partial charge in [-0.3, -0.25) is 0 Å². The second-order valence-electron chi connectivity index (χ2n) is 2.46. The Kier molecular flexibility index (Phi) is 3.17. The van der Waals surface area contributed by atoms with Crippen LogP contribution in [0.4, 0.5) is 0 Å². The minimum Gasteiger partial charge on any atom is -0.477 e. The molecule has 0 aliphatic rings. The van der Waals surface area contributed by atoms with Gasteiger partial charge in [0.2, 0.25) is 0 Å². The fraction of sp³-hybridized carbons (Fsp3) is 0.222. The van der Waals surface area contributed by atoms with Crippen LogP contribution in [0.3, 0.4) is 0 Å². The van der Waals surface area contributed by atoms with Gasteiger partial charge in [-0.25, -0.2) is 14.6 Å². The summed E-state index contributed by atoms with van der Waals surface area (Å²) in [6, 6.07) is 2.59. The van der Waals surface area contributed by atoms with Crippen LogP contribution in [0.5, 0.6) is 0 Å². The van der Waals surface area contributed by atoms with Crippen molar-refractivity contribution in [3.8, 4) is 0 Å². The lowest BCUT2D eigenvalue weighted by Gasteiger charge is -2.01. The van der Waals surface area contributed by atoms with E-state index in [2.05, 4.69) is 4.98 Å². The fourth-order valence-corrected chi connectivity index (χ4v) is 0.889. The Morgan fingerprint density at radius 2 is 2.29 bits per heavy atom. The van der Waals surface area contributed by atoms with Crippen molar-refractivity contribution in [3.63, 3.8) is 0 Å². The Labute approximate surface area is 80.3 Å². The second-order valence-corrected chi connectivity index (χ2v) is 2.46. The number of esters is 1. The van der Waals surface area contributed by atoms with Crippen LogP contribution in [0.2, 0.25) is 0 Å². The van der Waals surface area contributed by atoms with Gasteiger partial charge in [-0.2, -0.15) is 0 Å². The van der Waals surface area contributed by atoms with Gasteiger partial charge in [-0.15, -0.1) is 0 Å². The molecule has 1 aromatic rings. The molecule has 0 amide bonds. The minimum atomic E-state index is -1.17. The molecule has 0 aliphatic heterocycles. The number of ether oxygens (including phenoxy) is 1. The van der Waals surface area contributed by atoms with Gasteiger partial charge in [-0.05, 0) is 19.1 Å². The molecule has 0 saturated heterocycles. The van der Waals surface area contributed by atoms with E-state index >= 15 is 0 Å². The summed E-state index contributed by atoms with van der Waals surface area (Å²) in [5.41, 5.74) is 0.0230. The van der Waals surface area contributed by atoms with Crippen LogP contribution in [0.15, 0.2) is 18.3 Å². The van der Waals surface area contributed by atoms with Crippen molar-refractivity contribution >= 4 is 11.9 Å². The first-order chi connectivity index (χ1) is 6.65. The lowest BCUT2D eigenvalue weighted by molar-refractivity contribution is 0.0526. The average molecular weight is 195 g/mol. The summed E-state index contributed by atoms with van der Waals surface area (Å²) in [5, 5.41) is 8.61. The number of aromatic nitrogens is 1. The van der Waals surface area contributed by atoms with Gasteiger partial charge in [0.05, 0.1) is 12.2 Å². The van der Waals surface area contributed by atoms with E-state index in [0.29, 0.717) is 0 Å². The quantitative estimate of drug-likeness (QED) is 0.727. The van der Waals surface area contributed by atoms with Gasteiger partial charge in [0, 0.05) is 6.20 Å². The van der Waals surface area contributed by atoms with Crippen LogP contribution >= 0.6 is 0 Å². The number of nitrogens with zero attached hydrogens (tertiary/aromatic N) is 1. The normalized spacial score (nSPS) is 9.50. The molecule has 5 nitrogen and oxygen atoms in total. The predicted molar refractivity (Wildman–Crippen MR) is 47.2 cm³/mol.